The number of nitrogens with one attached hydrogen (secondary N) is 1. The van der Waals surface area contributed by atoms with E-state index in [0.717, 1.165) is 0 Å². The first-order valence-electron chi connectivity index (χ1n) is 3.39. The van der Waals surface area contributed by atoms with Gasteiger partial charge in [-0.2, -0.15) is 0 Å². The average molecular weight is 176 g/mol. The predicted octanol–water partition coefficient (Wildman–Crippen LogP) is -2.10. The van der Waals surface area contributed by atoms with E-state index in [0.29, 0.717) is 0 Å². The van der Waals surface area contributed by atoms with Crippen molar-refractivity contribution in [3.8, 4) is 0 Å². The molecular weight excluding hydrogens is 164 g/mol. The lowest BCUT2D eigenvalue weighted by Crippen LogP contribution is -2.43. The number of carboxylic acids is 1. The highest BCUT2D eigenvalue weighted by molar-refractivity contribution is 5.82. The van der Waals surface area contributed by atoms with Crippen LogP contribution in [0.1, 0.15) is 6.92 Å². The quantitative estimate of drug-likeness (QED) is 0.392. The summed E-state index contributed by atoms with van der Waals surface area (Å²) in [5.41, 5.74) is 5.16. The summed E-state index contributed by atoms with van der Waals surface area (Å²) in [6.45, 7) is 1.14. The Bertz CT molecular complexity index is 180. The molecule has 0 aromatic carbocycles. The van der Waals surface area contributed by atoms with Crippen LogP contribution in [0, 0.1) is 0 Å². The van der Waals surface area contributed by atoms with E-state index in [9.17, 15) is 9.59 Å². The second-order valence-electron chi connectivity index (χ2n) is 2.39. The molecule has 5 N–H and O–H groups in total. The molecule has 0 radical (unpaired) electrons. The predicted molar refractivity (Wildman–Crippen MR) is 40.3 cm³/mol. The van der Waals surface area contributed by atoms with E-state index >= 15 is 0 Å². The van der Waals surface area contributed by atoms with E-state index in [-0.39, 0.29) is 6.54 Å². The summed E-state index contributed by atoms with van der Waals surface area (Å²) >= 11 is 0. The Labute approximate surface area is 69.4 Å². The van der Waals surface area contributed by atoms with Crippen molar-refractivity contribution in [3.05, 3.63) is 0 Å². The van der Waals surface area contributed by atoms with Crippen molar-refractivity contribution in [1.29, 1.82) is 0 Å². The van der Waals surface area contributed by atoms with E-state index in [1.165, 1.54) is 6.92 Å². The topological polar surface area (TPSA) is 113 Å². The molecule has 0 spiro atoms. The van der Waals surface area contributed by atoms with Gasteiger partial charge in [-0.1, -0.05) is 0 Å². The number of nitrogens with two attached hydrogens (primary N) is 1. The first-order valence-corrected chi connectivity index (χ1v) is 3.39. The highest BCUT2D eigenvalue weighted by Gasteiger charge is 2.15. The fourth-order valence-corrected chi connectivity index (χ4v) is 0.446. The zero-order valence-electron chi connectivity index (χ0n) is 6.65. The number of rotatable bonds is 4. The molecule has 0 rings (SSSR count). The summed E-state index contributed by atoms with van der Waals surface area (Å²) < 4.78 is 0. The van der Waals surface area contributed by atoms with Crippen molar-refractivity contribution in [2.75, 3.05) is 6.54 Å². The monoisotopic (exact) mass is 176 g/mol. The van der Waals surface area contributed by atoms with Gasteiger partial charge in [-0.05, 0) is 6.92 Å². The maximum atomic E-state index is 10.7. The van der Waals surface area contributed by atoms with Crippen LogP contribution in [0.4, 0.5) is 0 Å². The highest BCUT2D eigenvalue weighted by Crippen LogP contribution is 1.81. The SMILES string of the molecule is C[C@@H](N)C(=O)NCC(O)C(=O)O. The number of hydrogen-bond donors (Lipinski definition) is 4. The smallest absolute Gasteiger partial charge is 0.334 e. The summed E-state index contributed by atoms with van der Waals surface area (Å²) in [5.74, 6) is -1.87. The number of carbonyl (C=O) groups is 2. The van der Waals surface area contributed by atoms with Gasteiger partial charge in [-0.25, -0.2) is 4.79 Å². The van der Waals surface area contributed by atoms with Crippen LogP contribution in [0.2, 0.25) is 0 Å². The van der Waals surface area contributed by atoms with Gasteiger partial charge in [0.05, 0.1) is 12.6 Å². The molecular formula is C6H12N2O4. The van der Waals surface area contributed by atoms with Gasteiger partial charge in [-0.3, -0.25) is 4.79 Å². The Morgan fingerprint density at radius 2 is 2.08 bits per heavy atom. The van der Waals surface area contributed by atoms with Gasteiger partial charge in [0.25, 0.3) is 0 Å². The second kappa shape index (κ2) is 4.68. The van der Waals surface area contributed by atoms with Crippen molar-refractivity contribution < 1.29 is 19.8 Å². The Morgan fingerprint density at radius 3 is 2.42 bits per heavy atom. The number of aliphatic hydroxyl groups excluding tert-OH is 1. The minimum absolute atomic E-state index is 0.324. The molecule has 70 valence electrons. The summed E-state index contributed by atoms with van der Waals surface area (Å²) in [6.07, 6.45) is -1.58. The Morgan fingerprint density at radius 1 is 1.58 bits per heavy atom. The Balaban J connectivity index is 3.69. The van der Waals surface area contributed by atoms with Gasteiger partial charge >= 0.3 is 5.97 Å². The summed E-state index contributed by atoms with van der Waals surface area (Å²) in [4.78, 5) is 20.8. The van der Waals surface area contributed by atoms with Gasteiger partial charge in [0.2, 0.25) is 5.91 Å². The van der Waals surface area contributed by atoms with Crippen LogP contribution in [0.25, 0.3) is 0 Å². The van der Waals surface area contributed by atoms with Crippen molar-refractivity contribution in [2.24, 2.45) is 5.73 Å². The fourth-order valence-electron chi connectivity index (χ4n) is 0.446. The second-order valence-corrected chi connectivity index (χ2v) is 2.39. The molecule has 0 fully saturated rings. The third-order valence-corrected chi connectivity index (χ3v) is 1.17. The van der Waals surface area contributed by atoms with Crippen LogP contribution in [-0.4, -0.2) is 40.8 Å². The van der Waals surface area contributed by atoms with E-state index in [4.69, 9.17) is 15.9 Å². The van der Waals surface area contributed by atoms with Gasteiger partial charge in [0, 0.05) is 0 Å². The van der Waals surface area contributed by atoms with Crippen LogP contribution in [0.3, 0.4) is 0 Å². The molecule has 0 saturated carbocycles. The molecule has 0 aromatic rings. The van der Waals surface area contributed by atoms with Gasteiger partial charge < -0.3 is 21.3 Å². The summed E-state index contributed by atoms with van der Waals surface area (Å²) in [5, 5.41) is 19.1. The number of amides is 1. The van der Waals surface area contributed by atoms with Crippen LogP contribution < -0.4 is 11.1 Å². The fraction of sp³-hybridized carbons (Fsp3) is 0.667. The Kier molecular flexibility index (Phi) is 4.24. The van der Waals surface area contributed by atoms with E-state index < -0.39 is 24.0 Å². The molecule has 0 aliphatic rings. The molecule has 2 atom stereocenters. The largest absolute Gasteiger partial charge is 0.479 e. The van der Waals surface area contributed by atoms with Gasteiger partial charge in [-0.15, -0.1) is 0 Å². The summed E-state index contributed by atoms with van der Waals surface area (Å²) in [6, 6.07) is -0.703. The van der Waals surface area contributed by atoms with Crippen molar-refractivity contribution in [3.63, 3.8) is 0 Å². The van der Waals surface area contributed by atoms with Crippen LogP contribution in [0.15, 0.2) is 0 Å². The van der Waals surface area contributed by atoms with Crippen LogP contribution in [0.5, 0.6) is 0 Å². The third-order valence-electron chi connectivity index (χ3n) is 1.17. The number of aliphatic hydroxyl groups is 1. The number of carbonyl (C=O) groups excluding carboxylic acids is 1. The molecule has 0 heterocycles. The first kappa shape index (κ1) is 10.9. The number of aliphatic carboxylic acids is 1. The van der Waals surface area contributed by atoms with Crippen LogP contribution >= 0.6 is 0 Å². The lowest BCUT2D eigenvalue weighted by molar-refractivity contribution is -0.146. The zero-order valence-corrected chi connectivity index (χ0v) is 6.65. The lowest BCUT2D eigenvalue weighted by Gasteiger charge is -2.09. The molecule has 0 aliphatic carbocycles. The summed E-state index contributed by atoms with van der Waals surface area (Å²) in [7, 11) is 0. The van der Waals surface area contributed by atoms with Gasteiger partial charge in [0.1, 0.15) is 0 Å². The molecule has 0 aliphatic heterocycles. The molecule has 0 bridgehead atoms. The van der Waals surface area contributed by atoms with Crippen molar-refractivity contribution in [2.45, 2.75) is 19.1 Å². The molecule has 6 nitrogen and oxygen atoms in total. The Hall–Kier alpha value is -1.14. The van der Waals surface area contributed by atoms with Crippen LogP contribution in [-0.2, 0) is 9.59 Å². The number of carboxylic acid groups (broad SMARTS) is 1. The average Bonchev–Trinajstić information content (AvgIpc) is 1.98. The molecule has 0 saturated heterocycles. The van der Waals surface area contributed by atoms with E-state index in [1.54, 1.807) is 0 Å². The maximum absolute atomic E-state index is 10.7. The standard InChI is InChI=1S/C6H12N2O4/c1-3(7)5(10)8-2-4(9)6(11)12/h3-4,9H,2,7H2,1H3,(H,8,10)(H,11,12)/t3-,4?/m1/s1. The molecule has 1 amide bonds. The maximum Gasteiger partial charge on any atom is 0.334 e. The van der Waals surface area contributed by atoms with Crippen molar-refractivity contribution in [1.82, 2.24) is 5.32 Å². The van der Waals surface area contributed by atoms with E-state index in [1.807, 2.05) is 0 Å². The molecule has 12 heavy (non-hydrogen) atoms. The third kappa shape index (κ3) is 3.89. The molecule has 6 heteroatoms. The van der Waals surface area contributed by atoms with E-state index in [2.05, 4.69) is 5.32 Å². The zero-order chi connectivity index (χ0) is 9.72. The first-order chi connectivity index (χ1) is 5.45. The van der Waals surface area contributed by atoms with Gasteiger partial charge in [0.15, 0.2) is 6.10 Å². The normalized spacial score (nSPS) is 14.9. The minimum atomic E-state index is -1.58. The lowest BCUT2D eigenvalue weighted by atomic mass is 10.3. The van der Waals surface area contributed by atoms with Crippen molar-refractivity contribution >= 4 is 11.9 Å². The molecule has 1 unspecified atom stereocenters. The highest BCUT2D eigenvalue weighted by atomic mass is 16.4. The number of hydrogen-bond acceptors (Lipinski definition) is 4. The minimum Gasteiger partial charge on any atom is -0.479 e. The molecule has 0 aromatic heterocycles.